The molecule has 2 amide bonds. The Bertz CT molecular complexity index is 835. The zero-order valence-corrected chi connectivity index (χ0v) is 13.7. The van der Waals surface area contributed by atoms with E-state index < -0.39 is 0 Å². The number of aromatic nitrogens is 1. The number of pyridine rings is 1. The summed E-state index contributed by atoms with van der Waals surface area (Å²) in [6.45, 7) is 3.91. The standard InChI is InChI=1S/C19H19N3O2/c1-2-6-18(23)21-11-5-12-22(14-13-21)19(24)17-10-9-15-7-3-4-8-16(15)20-17/h3-4,7-10H,5,11-14H2,1H3. The van der Waals surface area contributed by atoms with Crippen LogP contribution in [0.2, 0.25) is 0 Å². The van der Waals surface area contributed by atoms with E-state index in [0.717, 1.165) is 17.3 Å². The molecular weight excluding hydrogens is 302 g/mol. The average Bonchev–Trinajstić information content (AvgIpc) is 2.87. The minimum Gasteiger partial charge on any atom is -0.335 e. The summed E-state index contributed by atoms with van der Waals surface area (Å²) in [7, 11) is 0. The van der Waals surface area contributed by atoms with Crippen LogP contribution < -0.4 is 0 Å². The Morgan fingerprint density at radius 2 is 1.75 bits per heavy atom. The van der Waals surface area contributed by atoms with Gasteiger partial charge in [0, 0.05) is 31.6 Å². The number of para-hydroxylation sites is 1. The molecule has 5 heteroatoms. The highest BCUT2D eigenvalue weighted by molar-refractivity contribution is 5.95. The quantitative estimate of drug-likeness (QED) is 0.754. The SMILES string of the molecule is CC#CC(=O)N1CCCN(C(=O)c2ccc3ccccc3n2)CC1. The van der Waals surface area contributed by atoms with Gasteiger partial charge in [0.1, 0.15) is 5.69 Å². The Hall–Kier alpha value is -2.87. The van der Waals surface area contributed by atoms with Crippen molar-refractivity contribution in [3.8, 4) is 11.8 Å². The van der Waals surface area contributed by atoms with Crippen molar-refractivity contribution in [2.24, 2.45) is 0 Å². The third kappa shape index (κ3) is 3.38. The van der Waals surface area contributed by atoms with Crippen molar-refractivity contribution in [2.75, 3.05) is 26.2 Å². The number of carbonyl (C=O) groups is 2. The lowest BCUT2D eigenvalue weighted by molar-refractivity contribution is -0.124. The summed E-state index contributed by atoms with van der Waals surface area (Å²) in [5.41, 5.74) is 1.26. The first-order chi connectivity index (χ1) is 11.7. The molecule has 1 aromatic carbocycles. The van der Waals surface area contributed by atoms with Crippen molar-refractivity contribution >= 4 is 22.7 Å². The molecular formula is C19H19N3O2. The number of carbonyl (C=O) groups excluding carboxylic acids is 2. The van der Waals surface area contributed by atoms with Gasteiger partial charge in [-0.1, -0.05) is 30.2 Å². The van der Waals surface area contributed by atoms with E-state index in [0.29, 0.717) is 31.9 Å². The molecule has 5 nitrogen and oxygen atoms in total. The fourth-order valence-electron chi connectivity index (χ4n) is 2.86. The van der Waals surface area contributed by atoms with Crippen LogP contribution in [0.15, 0.2) is 36.4 Å². The van der Waals surface area contributed by atoms with Gasteiger partial charge in [0.15, 0.2) is 0 Å². The van der Waals surface area contributed by atoms with Gasteiger partial charge in [0.05, 0.1) is 5.52 Å². The number of nitrogens with zero attached hydrogens (tertiary/aromatic N) is 3. The molecule has 0 aliphatic carbocycles. The fraction of sp³-hybridized carbons (Fsp3) is 0.316. The van der Waals surface area contributed by atoms with Crippen LogP contribution in [0.3, 0.4) is 0 Å². The summed E-state index contributed by atoms with van der Waals surface area (Å²) in [5, 5.41) is 1.01. The van der Waals surface area contributed by atoms with E-state index >= 15 is 0 Å². The maximum atomic E-state index is 12.7. The minimum absolute atomic E-state index is 0.0865. The molecule has 0 bridgehead atoms. The third-order valence-corrected chi connectivity index (χ3v) is 4.12. The zero-order valence-electron chi connectivity index (χ0n) is 13.7. The first-order valence-electron chi connectivity index (χ1n) is 8.06. The minimum atomic E-state index is -0.171. The van der Waals surface area contributed by atoms with Gasteiger partial charge in [0.25, 0.3) is 11.8 Å². The van der Waals surface area contributed by atoms with Crippen LogP contribution in [0.1, 0.15) is 23.8 Å². The molecule has 0 N–H and O–H groups in total. The molecule has 2 aromatic rings. The van der Waals surface area contributed by atoms with Crippen molar-refractivity contribution in [3.05, 3.63) is 42.1 Å². The van der Waals surface area contributed by atoms with Crippen LogP contribution in [-0.4, -0.2) is 52.8 Å². The monoisotopic (exact) mass is 321 g/mol. The predicted octanol–water partition coefficient (Wildman–Crippen LogP) is 1.93. The Kier molecular flexibility index (Phi) is 4.76. The lowest BCUT2D eigenvalue weighted by atomic mass is 10.2. The summed E-state index contributed by atoms with van der Waals surface area (Å²) < 4.78 is 0. The van der Waals surface area contributed by atoms with Crippen molar-refractivity contribution in [3.63, 3.8) is 0 Å². The van der Waals surface area contributed by atoms with Crippen LogP contribution >= 0.6 is 0 Å². The third-order valence-electron chi connectivity index (χ3n) is 4.12. The molecule has 24 heavy (non-hydrogen) atoms. The van der Waals surface area contributed by atoms with E-state index in [-0.39, 0.29) is 11.8 Å². The second-order valence-electron chi connectivity index (χ2n) is 5.70. The van der Waals surface area contributed by atoms with Crippen molar-refractivity contribution in [1.82, 2.24) is 14.8 Å². The largest absolute Gasteiger partial charge is 0.335 e. The zero-order chi connectivity index (χ0) is 16.9. The predicted molar refractivity (Wildman–Crippen MR) is 92.3 cm³/mol. The van der Waals surface area contributed by atoms with Gasteiger partial charge < -0.3 is 9.80 Å². The number of hydrogen-bond acceptors (Lipinski definition) is 3. The van der Waals surface area contributed by atoms with E-state index in [1.165, 1.54) is 0 Å². The topological polar surface area (TPSA) is 53.5 Å². The van der Waals surface area contributed by atoms with E-state index in [4.69, 9.17) is 0 Å². The highest BCUT2D eigenvalue weighted by Crippen LogP contribution is 2.14. The highest BCUT2D eigenvalue weighted by Gasteiger charge is 2.22. The lowest BCUT2D eigenvalue weighted by Gasteiger charge is -2.20. The number of fused-ring (bicyclic) bond motifs is 1. The second kappa shape index (κ2) is 7.14. The molecule has 1 saturated heterocycles. The van der Waals surface area contributed by atoms with Gasteiger partial charge in [-0.15, -0.1) is 0 Å². The molecule has 3 rings (SSSR count). The number of amides is 2. The molecule has 2 heterocycles. The molecule has 0 spiro atoms. The molecule has 0 radical (unpaired) electrons. The van der Waals surface area contributed by atoms with E-state index in [1.54, 1.807) is 22.8 Å². The molecule has 122 valence electrons. The maximum Gasteiger partial charge on any atom is 0.298 e. The Morgan fingerprint density at radius 3 is 2.58 bits per heavy atom. The molecule has 0 unspecified atom stereocenters. The van der Waals surface area contributed by atoms with Crippen LogP contribution in [0.4, 0.5) is 0 Å². The second-order valence-corrected chi connectivity index (χ2v) is 5.70. The van der Waals surface area contributed by atoms with Gasteiger partial charge >= 0.3 is 0 Å². The van der Waals surface area contributed by atoms with Gasteiger partial charge in [-0.3, -0.25) is 9.59 Å². The molecule has 1 aliphatic heterocycles. The van der Waals surface area contributed by atoms with E-state index in [2.05, 4.69) is 16.8 Å². The van der Waals surface area contributed by atoms with Crippen molar-refractivity contribution in [1.29, 1.82) is 0 Å². The molecule has 1 aromatic heterocycles. The number of rotatable bonds is 1. The summed E-state index contributed by atoms with van der Waals surface area (Å²) in [6, 6.07) is 11.4. The Balaban J connectivity index is 1.74. The summed E-state index contributed by atoms with van der Waals surface area (Å²) >= 11 is 0. The maximum absolute atomic E-state index is 12.7. The molecule has 0 saturated carbocycles. The van der Waals surface area contributed by atoms with Gasteiger partial charge in [-0.25, -0.2) is 4.98 Å². The Labute approximate surface area is 141 Å². The molecule has 0 atom stereocenters. The molecule has 1 aliphatic rings. The van der Waals surface area contributed by atoms with Crippen molar-refractivity contribution in [2.45, 2.75) is 13.3 Å². The van der Waals surface area contributed by atoms with Gasteiger partial charge in [0.2, 0.25) is 0 Å². The van der Waals surface area contributed by atoms with E-state index in [9.17, 15) is 9.59 Å². The first-order valence-corrected chi connectivity index (χ1v) is 8.06. The van der Waals surface area contributed by atoms with E-state index in [1.807, 2.05) is 30.3 Å². The fourth-order valence-corrected chi connectivity index (χ4v) is 2.86. The number of benzene rings is 1. The first kappa shape index (κ1) is 16.0. The van der Waals surface area contributed by atoms with Crippen LogP contribution in [0, 0.1) is 11.8 Å². The van der Waals surface area contributed by atoms with Crippen molar-refractivity contribution < 1.29 is 9.59 Å². The lowest BCUT2D eigenvalue weighted by Crippen LogP contribution is -2.37. The average molecular weight is 321 g/mol. The smallest absolute Gasteiger partial charge is 0.298 e. The van der Waals surface area contributed by atoms with Crippen LogP contribution in [0.5, 0.6) is 0 Å². The highest BCUT2D eigenvalue weighted by atomic mass is 16.2. The van der Waals surface area contributed by atoms with Crippen LogP contribution in [0.25, 0.3) is 10.9 Å². The molecule has 1 fully saturated rings. The summed E-state index contributed by atoms with van der Waals surface area (Å²) in [6.07, 6.45) is 0.746. The van der Waals surface area contributed by atoms with Gasteiger partial charge in [-0.05, 0) is 31.4 Å². The normalized spacial score (nSPS) is 14.7. The summed E-state index contributed by atoms with van der Waals surface area (Å²) in [5.74, 6) is 4.93. The van der Waals surface area contributed by atoms with Crippen LogP contribution in [-0.2, 0) is 4.79 Å². The number of hydrogen-bond donors (Lipinski definition) is 0. The van der Waals surface area contributed by atoms with Gasteiger partial charge in [-0.2, -0.15) is 0 Å². The Morgan fingerprint density at radius 1 is 1.00 bits per heavy atom. The summed E-state index contributed by atoms with van der Waals surface area (Å²) in [4.78, 5) is 32.6.